The molecule has 20 heavy (non-hydrogen) atoms. The maximum absolute atomic E-state index is 12.3. The maximum atomic E-state index is 12.3. The van der Waals surface area contributed by atoms with E-state index >= 15 is 0 Å². The predicted molar refractivity (Wildman–Crippen MR) is 76.9 cm³/mol. The average Bonchev–Trinajstić information content (AvgIpc) is 2.45. The highest BCUT2D eigenvalue weighted by atomic mass is 16.3. The molecule has 0 bridgehead atoms. The quantitative estimate of drug-likeness (QED) is 0.647. The first-order valence-corrected chi connectivity index (χ1v) is 7.48. The number of aliphatic hydroxyl groups is 1. The second kappa shape index (κ2) is 8.92. The second-order valence-corrected chi connectivity index (χ2v) is 5.43. The molecular formula is C14H27N3O3. The Morgan fingerprint density at radius 2 is 2.15 bits per heavy atom. The van der Waals surface area contributed by atoms with Gasteiger partial charge in [0, 0.05) is 19.6 Å². The van der Waals surface area contributed by atoms with Gasteiger partial charge in [-0.05, 0) is 25.8 Å². The van der Waals surface area contributed by atoms with Crippen LogP contribution in [0.5, 0.6) is 0 Å². The Bertz CT molecular complexity index is 323. The lowest BCUT2D eigenvalue weighted by molar-refractivity contribution is -0.136. The van der Waals surface area contributed by atoms with Gasteiger partial charge in [0.15, 0.2) is 0 Å². The minimum Gasteiger partial charge on any atom is -0.395 e. The molecule has 6 nitrogen and oxygen atoms in total. The third-order valence-electron chi connectivity index (χ3n) is 3.78. The Morgan fingerprint density at radius 3 is 2.75 bits per heavy atom. The van der Waals surface area contributed by atoms with Crippen molar-refractivity contribution in [3.63, 3.8) is 0 Å². The van der Waals surface area contributed by atoms with E-state index in [0.29, 0.717) is 26.2 Å². The summed E-state index contributed by atoms with van der Waals surface area (Å²) in [6, 6.07) is 0. The normalized spacial score (nSPS) is 19.4. The van der Waals surface area contributed by atoms with Gasteiger partial charge in [0.2, 0.25) is 11.8 Å². The molecule has 1 atom stereocenters. The lowest BCUT2D eigenvalue weighted by atomic mass is 9.97. The van der Waals surface area contributed by atoms with Crippen molar-refractivity contribution in [1.29, 1.82) is 0 Å². The Kier molecular flexibility index (Phi) is 7.54. The van der Waals surface area contributed by atoms with Crippen molar-refractivity contribution in [2.24, 2.45) is 11.7 Å². The summed E-state index contributed by atoms with van der Waals surface area (Å²) in [7, 11) is 0. The third kappa shape index (κ3) is 5.46. The molecule has 1 heterocycles. The molecule has 0 radical (unpaired) electrons. The third-order valence-corrected chi connectivity index (χ3v) is 3.78. The van der Waals surface area contributed by atoms with Crippen LogP contribution in [0, 0.1) is 5.92 Å². The van der Waals surface area contributed by atoms with Gasteiger partial charge in [-0.2, -0.15) is 0 Å². The molecule has 1 rings (SSSR count). The molecule has 1 unspecified atom stereocenters. The van der Waals surface area contributed by atoms with Gasteiger partial charge < -0.3 is 15.7 Å². The molecule has 1 saturated heterocycles. The number of hydrogen-bond donors (Lipinski definition) is 2. The number of unbranched alkanes of at least 4 members (excludes halogenated alkanes) is 1. The first kappa shape index (κ1) is 16.9. The van der Waals surface area contributed by atoms with E-state index in [1.54, 1.807) is 4.90 Å². The standard InChI is InChI=1S/C14H27N3O3/c1-2-3-6-16(8-9-18)11-13(19)17-7-4-5-12(10-17)14(15)20/h12,18H,2-11H2,1H3,(H2,15,20). The van der Waals surface area contributed by atoms with Crippen molar-refractivity contribution in [2.45, 2.75) is 32.6 Å². The van der Waals surface area contributed by atoms with Crippen molar-refractivity contribution >= 4 is 11.8 Å². The highest BCUT2D eigenvalue weighted by Crippen LogP contribution is 2.16. The van der Waals surface area contributed by atoms with Crippen LogP contribution in [0.25, 0.3) is 0 Å². The molecule has 0 aromatic rings. The van der Waals surface area contributed by atoms with Crippen molar-refractivity contribution in [2.75, 3.05) is 39.3 Å². The minimum absolute atomic E-state index is 0.0282. The van der Waals surface area contributed by atoms with E-state index < -0.39 is 0 Å². The van der Waals surface area contributed by atoms with Crippen molar-refractivity contribution in [3.8, 4) is 0 Å². The van der Waals surface area contributed by atoms with Gasteiger partial charge in [-0.25, -0.2) is 0 Å². The highest BCUT2D eigenvalue weighted by molar-refractivity contribution is 5.81. The van der Waals surface area contributed by atoms with Crippen molar-refractivity contribution in [1.82, 2.24) is 9.80 Å². The zero-order valence-electron chi connectivity index (χ0n) is 12.4. The number of nitrogens with two attached hydrogens (primary N) is 1. The van der Waals surface area contributed by atoms with E-state index in [1.165, 1.54) is 0 Å². The molecule has 1 aliphatic rings. The topological polar surface area (TPSA) is 86.9 Å². The number of carbonyl (C=O) groups excluding carboxylic acids is 2. The highest BCUT2D eigenvalue weighted by Gasteiger charge is 2.27. The smallest absolute Gasteiger partial charge is 0.236 e. The van der Waals surface area contributed by atoms with Gasteiger partial charge in [-0.1, -0.05) is 13.3 Å². The molecule has 0 aliphatic carbocycles. The van der Waals surface area contributed by atoms with Crippen LogP contribution in [0.4, 0.5) is 0 Å². The van der Waals surface area contributed by atoms with Gasteiger partial charge >= 0.3 is 0 Å². The van der Waals surface area contributed by atoms with E-state index in [1.807, 2.05) is 4.90 Å². The number of primary amides is 1. The zero-order valence-corrected chi connectivity index (χ0v) is 12.4. The fraction of sp³-hybridized carbons (Fsp3) is 0.857. The number of aliphatic hydroxyl groups excluding tert-OH is 1. The van der Waals surface area contributed by atoms with Crippen LogP contribution in [-0.2, 0) is 9.59 Å². The summed E-state index contributed by atoms with van der Waals surface area (Å²) in [6.45, 7) is 4.93. The predicted octanol–water partition coefficient (Wildman–Crippen LogP) is -0.195. The summed E-state index contributed by atoms with van der Waals surface area (Å²) < 4.78 is 0. The summed E-state index contributed by atoms with van der Waals surface area (Å²) in [4.78, 5) is 27.2. The Balaban J connectivity index is 2.48. The van der Waals surface area contributed by atoms with Crippen molar-refractivity contribution < 1.29 is 14.7 Å². The van der Waals surface area contributed by atoms with Gasteiger partial charge in [0.05, 0.1) is 19.1 Å². The average molecular weight is 285 g/mol. The van der Waals surface area contributed by atoms with Crippen LogP contribution in [-0.4, -0.2) is 66.1 Å². The first-order chi connectivity index (χ1) is 9.58. The van der Waals surface area contributed by atoms with Crippen LogP contribution in [0.15, 0.2) is 0 Å². The van der Waals surface area contributed by atoms with Gasteiger partial charge in [0.25, 0.3) is 0 Å². The number of carbonyl (C=O) groups is 2. The Hall–Kier alpha value is -1.14. The molecular weight excluding hydrogens is 258 g/mol. The summed E-state index contributed by atoms with van der Waals surface area (Å²) in [5.41, 5.74) is 5.32. The molecule has 0 aromatic heterocycles. The van der Waals surface area contributed by atoms with Gasteiger partial charge in [-0.15, -0.1) is 0 Å². The van der Waals surface area contributed by atoms with Crippen molar-refractivity contribution in [3.05, 3.63) is 0 Å². The molecule has 3 N–H and O–H groups in total. The number of likely N-dealkylation sites (tertiary alicyclic amines) is 1. The first-order valence-electron chi connectivity index (χ1n) is 7.48. The van der Waals surface area contributed by atoms with Crippen LogP contribution < -0.4 is 5.73 Å². The fourth-order valence-electron chi connectivity index (χ4n) is 2.52. The lowest BCUT2D eigenvalue weighted by Crippen LogP contribution is -2.48. The molecule has 0 spiro atoms. The fourth-order valence-corrected chi connectivity index (χ4v) is 2.52. The zero-order chi connectivity index (χ0) is 15.0. The molecule has 6 heteroatoms. The van der Waals surface area contributed by atoms with E-state index in [9.17, 15) is 9.59 Å². The second-order valence-electron chi connectivity index (χ2n) is 5.43. The molecule has 116 valence electrons. The number of piperidine rings is 1. The SMILES string of the molecule is CCCCN(CCO)CC(=O)N1CCCC(C(N)=O)C1. The number of hydrogen-bond acceptors (Lipinski definition) is 4. The van der Waals surface area contributed by atoms with E-state index in [-0.39, 0.29) is 24.3 Å². The van der Waals surface area contributed by atoms with E-state index in [4.69, 9.17) is 10.8 Å². The summed E-state index contributed by atoms with van der Waals surface area (Å²) >= 11 is 0. The van der Waals surface area contributed by atoms with Gasteiger partial charge in [-0.3, -0.25) is 14.5 Å². The molecule has 0 aromatic carbocycles. The monoisotopic (exact) mass is 285 g/mol. The van der Waals surface area contributed by atoms with Gasteiger partial charge in [0.1, 0.15) is 0 Å². The number of rotatable bonds is 8. The molecule has 1 fully saturated rings. The number of nitrogens with zero attached hydrogens (tertiary/aromatic N) is 2. The van der Waals surface area contributed by atoms with Crippen LogP contribution in [0.1, 0.15) is 32.6 Å². The van der Waals surface area contributed by atoms with E-state index in [2.05, 4.69) is 6.92 Å². The van der Waals surface area contributed by atoms with Crippen LogP contribution in [0.3, 0.4) is 0 Å². The lowest BCUT2D eigenvalue weighted by Gasteiger charge is -2.33. The van der Waals surface area contributed by atoms with Crippen LogP contribution >= 0.6 is 0 Å². The largest absolute Gasteiger partial charge is 0.395 e. The van der Waals surface area contributed by atoms with E-state index in [0.717, 1.165) is 32.2 Å². The summed E-state index contributed by atoms with van der Waals surface area (Å²) in [5.74, 6) is -0.504. The number of amides is 2. The minimum atomic E-state index is -0.319. The van der Waals surface area contributed by atoms with Crippen LogP contribution in [0.2, 0.25) is 0 Å². The summed E-state index contributed by atoms with van der Waals surface area (Å²) in [6.07, 6.45) is 3.67. The Morgan fingerprint density at radius 1 is 1.40 bits per heavy atom. The maximum Gasteiger partial charge on any atom is 0.236 e. The summed E-state index contributed by atoms with van der Waals surface area (Å²) in [5, 5.41) is 9.05. The molecule has 1 aliphatic heterocycles. The molecule has 2 amide bonds. The Labute approximate surface area is 120 Å². The molecule has 0 saturated carbocycles.